The molecule has 0 N–H and O–H groups in total. The molecule has 0 amide bonds. The summed E-state index contributed by atoms with van der Waals surface area (Å²) in [6.45, 7) is 1.94. The summed E-state index contributed by atoms with van der Waals surface area (Å²) in [5, 5.41) is 0.141. The molecule has 0 aromatic carbocycles. The van der Waals surface area contributed by atoms with Gasteiger partial charge in [0.05, 0.1) is 12.1 Å². The van der Waals surface area contributed by atoms with Gasteiger partial charge >= 0.3 is 0 Å². The van der Waals surface area contributed by atoms with Crippen molar-refractivity contribution in [2.45, 2.75) is 19.9 Å². The van der Waals surface area contributed by atoms with Gasteiger partial charge in [0, 0.05) is 18.4 Å². The van der Waals surface area contributed by atoms with Crippen molar-refractivity contribution >= 4 is 21.4 Å². The van der Waals surface area contributed by atoms with Crippen molar-refractivity contribution in [1.29, 1.82) is 0 Å². The number of halogens is 1. The first-order valence-electron chi connectivity index (χ1n) is 4.87. The van der Waals surface area contributed by atoms with Crippen LogP contribution in [0.25, 0.3) is 0 Å². The van der Waals surface area contributed by atoms with E-state index in [1.807, 2.05) is 0 Å². The standard InChI is InChI=1S/C9H13ClN2O3S/c1-2-16(14,15)5-3-4-12-7-11-8(10)6-9(12)13/h6-7H,2-5H2,1H3. The number of nitrogens with zero attached hydrogens (tertiary/aromatic N) is 2. The lowest BCUT2D eigenvalue weighted by atomic mass is 10.4. The molecule has 0 radical (unpaired) electrons. The lowest BCUT2D eigenvalue weighted by Crippen LogP contribution is -2.21. The molecule has 0 bridgehead atoms. The molecule has 16 heavy (non-hydrogen) atoms. The highest BCUT2D eigenvalue weighted by Gasteiger charge is 2.07. The molecule has 1 rings (SSSR count). The van der Waals surface area contributed by atoms with Gasteiger partial charge in [0.2, 0.25) is 0 Å². The molecule has 0 unspecified atom stereocenters. The molecular formula is C9H13ClN2O3S. The Morgan fingerprint density at radius 2 is 2.19 bits per heavy atom. The maximum Gasteiger partial charge on any atom is 0.254 e. The van der Waals surface area contributed by atoms with Crippen LogP contribution in [0.4, 0.5) is 0 Å². The first-order chi connectivity index (χ1) is 7.44. The minimum Gasteiger partial charge on any atom is -0.299 e. The van der Waals surface area contributed by atoms with Crippen LogP contribution < -0.4 is 5.56 Å². The van der Waals surface area contributed by atoms with Crippen molar-refractivity contribution < 1.29 is 8.42 Å². The van der Waals surface area contributed by atoms with Crippen LogP contribution in [0.1, 0.15) is 13.3 Å². The number of aromatic nitrogens is 2. The van der Waals surface area contributed by atoms with Gasteiger partial charge in [-0.1, -0.05) is 18.5 Å². The van der Waals surface area contributed by atoms with E-state index in [9.17, 15) is 13.2 Å². The van der Waals surface area contributed by atoms with Gasteiger partial charge in [0.15, 0.2) is 0 Å². The van der Waals surface area contributed by atoms with Gasteiger partial charge in [0.25, 0.3) is 5.56 Å². The fourth-order valence-corrected chi connectivity index (χ4v) is 2.17. The lowest BCUT2D eigenvalue weighted by molar-refractivity contribution is 0.583. The molecular weight excluding hydrogens is 252 g/mol. The zero-order valence-corrected chi connectivity index (χ0v) is 10.5. The summed E-state index contributed by atoms with van der Waals surface area (Å²) in [6.07, 6.45) is 1.72. The Morgan fingerprint density at radius 3 is 2.75 bits per heavy atom. The van der Waals surface area contributed by atoms with E-state index in [1.165, 1.54) is 17.0 Å². The molecule has 0 saturated carbocycles. The van der Waals surface area contributed by atoms with Crippen molar-refractivity contribution in [2.24, 2.45) is 0 Å². The summed E-state index contributed by atoms with van der Waals surface area (Å²) >= 11 is 5.53. The summed E-state index contributed by atoms with van der Waals surface area (Å²) in [7, 11) is -2.97. The highest BCUT2D eigenvalue weighted by Crippen LogP contribution is 1.98. The fourth-order valence-electron chi connectivity index (χ4n) is 1.17. The van der Waals surface area contributed by atoms with Crippen molar-refractivity contribution in [3.05, 3.63) is 27.9 Å². The lowest BCUT2D eigenvalue weighted by Gasteiger charge is -2.04. The van der Waals surface area contributed by atoms with Crippen LogP contribution >= 0.6 is 11.6 Å². The number of hydrogen-bond donors (Lipinski definition) is 0. The van der Waals surface area contributed by atoms with Gasteiger partial charge in [0.1, 0.15) is 15.0 Å². The van der Waals surface area contributed by atoms with Crippen molar-refractivity contribution in [3.63, 3.8) is 0 Å². The van der Waals surface area contributed by atoms with Crippen LogP contribution in [0.5, 0.6) is 0 Å². The van der Waals surface area contributed by atoms with Crippen molar-refractivity contribution in [2.75, 3.05) is 11.5 Å². The SMILES string of the molecule is CCS(=O)(=O)CCCn1cnc(Cl)cc1=O. The van der Waals surface area contributed by atoms with Gasteiger partial charge < -0.3 is 0 Å². The van der Waals surface area contributed by atoms with Gasteiger partial charge in [-0.05, 0) is 6.42 Å². The van der Waals surface area contributed by atoms with Crippen molar-refractivity contribution in [1.82, 2.24) is 9.55 Å². The Balaban J connectivity index is 2.60. The van der Waals surface area contributed by atoms with Gasteiger partial charge in [-0.2, -0.15) is 0 Å². The summed E-state index contributed by atoms with van der Waals surface area (Å²) < 4.78 is 23.8. The van der Waals surface area contributed by atoms with Gasteiger partial charge in [-0.15, -0.1) is 0 Å². The molecule has 1 aromatic heterocycles. The molecule has 1 aromatic rings. The predicted molar refractivity (Wildman–Crippen MR) is 62.5 cm³/mol. The second-order valence-electron chi connectivity index (χ2n) is 3.33. The van der Waals surface area contributed by atoms with Crippen LogP contribution in [0.15, 0.2) is 17.2 Å². The molecule has 0 atom stereocenters. The zero-order valence-electron chi connectivity index (χ0n) is 8.89. The van der Waals surface area contributed by atoms with E-state index >= 15 is 0 Å². The van der Waals surface area contributed by atoms with E-state index in [0.29, 0.717) is 13.0 Å². The van der Waals surface area contributed by atoms with E-state index in [-0.39, 0.29) is 22.2 Å². The van der Waals surface area contributed by atoms with Crippen LogP contribution in [0.2, 0.25) is 5.15 Å². The van der Waals surface area contributed by atoms with Gasteiger partial charge in [-0.3, -0.25) is 9.36 Å². The Kier molecular flexibility index (Phi) is 4.49. The summed E-state index contributed by atoms with van der Waals surface area (Å²) in [5.74, 6) is 0.208. The number of hydrogen-bond acceptors (Lipinski definition) is 4. The molecule has 0 saturated heterocycles. The van der Waals surface area contributed by atoms with E-state index in [2.05, 4.69) is 4.98 Å². The van der Waals surface area contributed by atoms with E-state index in [0.717, 1.165) is 0 Å². The third-order valence-electron chi connectivity index (χ3n) is 2.14. The topological polar surface area (TPSA) is 69.0 Å². The summed E-state index contributed by atoms with van der Waals surface area (Å²) in [4.78, 5) is 15.1. The molecule has 0 aliphatic heterocycles. The molecule has 0 spiro atoms. The molecule has 0 fully saturated rings. The predicted octanol–water partition coefficient (Wildman–Crippen LogP) is 0.721. The average molecular weight is 265 g/mol. The smallest absolute Gasteiger partial charge is 0.254 e. The van der Waals surface area contributed by atoms with Crippen LogP contribution in [-0.4, -0.2) is 29.5 Å². The van der Waals surface area contributed by atoms with Crippen LogP contribution in [-0.2, 0) is 16.4 Å². The maximum atomic E-state index is 11.4. The number of sulfone groups is 1. The van der Waals surface area contributed by atoms with Crippen molar-refractivity contribution in [3.8, 4) is 0 Å². The normalized spacial score (nSPS) is 11.6. The van der Waals surface area contributed by atoms with Crippen LogP contribution in [0.3, 0.4) is 0 Å². The molecule has 0 aliphatic rings. The quantitative estimate of drug-likeness (QED) is 0.735. The second-order valence-corrected chi connectivity index (χ2v) is 6.19. The highest BCUT2D eigenvalue weighted by atomic mass is 35.5. The Bertz CT molecular complexity index is 510. The first-order valence-corrected chi connectivity index (χ1v) is 7.07. The van der Waals surface area contributed by atoms with E-state index in [1.54, 1.807) is 6.92 Å². The fraction of sp³-hybridized carbons (Fsp3) is 0.556. The zero-order chi connectivity index (χ0) is 12.2. The summed E-state index contributed by atoms with van der Waals surface area (Å²) in [6, 6.07) is 1.20. The van der Waals surface area contributed by atoms with E-state index in [4.69, 9.17) is 11.6 Å². The third-order valence-corrected chi connectivity index (χ3v) is 4.14. The second kappa shape index (κ2) is 5.45. The molecule has 5 nitrogen and oxygen atoms in total. The summed E-state index contributed by atoms with van der Waals surface area (Å²) in [5.41, 5.74) is -0.270. The van der Waals surface area contributed by atoms with Crippen LogP contribution in [0, 0.1) is 0 Å². The molecule has 1 heterocycles. The minimum atomic E-state index is -2.97. The average Bonchev–Trinajstić information content (AvgIpc) is 2.21. The van der Waals surface area contributed by atoms with Gasteiger partial charge in [-0.25, -0.2) is 13.4 Å². The minimum absolute atomic E-state index is 0.0819. The Morgan fingerprint density at radius 1 is 1.50 bits per heavy atom. The molecule has 0 aliphatic carbocycles. The maximum absolute atomic E-state index is 11.4. The number of rotatable bonds is 5. The number of aryl methyl sites for hydroxylation is 1. The molecule has 90 valence electrons. The highest BCUT2D eigenvalue weighted by molar-refractivity contribution is 7.91. The Hall–Kier alpha value is -0.880. The molecule has 7 heteroatoms. The first kappa shape index (κ1) is 13.2. The van der Waals surface area contributed by atoms with E-state index < -0.39 is 9.84 Å². The largest absolute Gasteiger partial charge is 0.299 e. The third kappa shape index (κ3) is 3.94. The monoisotopic (exact) mass is 264 g/mol. The Labute approximate surface area is 99.0 Å².